The normalized spacial score (nSPS) is 11.6. The zero-order chi connectivity index (χ0) is 16.6. The molecule has 118 valence electrons. The van der Waals surface area contributed by atoms with E-state index in [0.717, 1.165) is 10.9 Å². The van der Waals surface area contributed by atoms with Crippen molar-refractivity contribution in [1.82, 2.24) is 4.98 Å². The average molecular weight is 330 g/mol. The van der Waals surface area contributed by atoms with Crippen molar-refractivity contribution in [3.63, 3.8) is 0 Å². The van der Waals surface area contributed by atoms with Crippen LogP contribution in [-0.2, 0) is 10.0 Å². The van der Waals surface area contributed by atoms with Gasteiger partial charge >= 0.3 is 0 Å². The molecule has 1 aromatic heterocycles. The van der Waals surface area contributed by atoms with Gasteiger partial charge in [-0.2, -0.15) is 0 Å². The van der Waals surface area contributed by atoms with Crippen molar-refractivity contribution in [3.05, 3.63) is 65.6 Å². The van der Waals surface area contributed by atoms with E-state index in [-0.39, 0.29) is 4.90 Å². The van der Waals surface area contributed by atoms with Crippen molar-refractivity contribution >= 4 is 26.6 Å². The molecule has 2 aromatic carbocycles. The van der Waals surface area contributed by atoms with Gasteiger partial charge in [-0.15, -0.1) is 0 Å². The van der Waals surface area contributed by atoms with Gasteiger partial charge in [0.1, 0.15) is 10.7 Å². The highest BCUT2D eigenvalue weighted by atomic mass is 32.2. The maximum Gasteiger partial charge on any atom is 0.264 e. The predicted octanol–water partition coefficient (Wildman–Crippen LogP) is 3.79. The van der Waals surface area contributed by atoms with Gasteiger partial charge in [0.05, 0.1) is 11.2 Å². The van der Waals surface area contributed by atoms with Crippen LogP contribution in [0.5, 0.6) is 0 Å². The van der Waals surface area contributed by atoms with Gasteiger partial charge in [0.2, 0.25) is 0 Å². The predicted molar refractivity (Wildman–Crippen MR) is 88.4 cm³/mol. The van der Waals surface area contributed by atoms with E-state index in [1.807, 2.05) is 19.1 Å². The number of pyridine rings is 1. The number of fused-ring (bicyclic) bond motifs is 1. The van der Waals surface area contributed by atoms with Gasteiger partial charge in [0.15, 0.2) is 0 Å². The van der Waals surface area contributed by atoms with Gasteiger partial charge < -0.3 is 0 Å². The zero-order valence-corrected chi connectivity index (χ0v) is 13.5. The molecule has 1 N–H and O–H groups in total. The van der Waals surface area contributed by atoms with E-state index in [2.05, 4.69) is 9.71 Å². The third kappa shape index (κ3) is 3.03. The molecule has 0 amide bonds. The number of hydrogen-bond acceptors (Lipinski definition) is 3. The molecule has 0 fully saturated rings. The lowest BCUT2D eigenvalue weighted by Crippen LogP contribution is -2.14. The van der Waals surface area contributed by atoms with Crippen LogP contribution < -0.4 is 4.72 Å². The molecule has 6 heteroatoms. The Labute approximate surface area is 134 Å². The number of anilines is 1. The number of aromatic nitrogens is 1. The molecule has 0 aliphatic heterocycles. The lowest BCUT2D eigenvalue weighted by molar-refractivity contribution is 0.601. The maximum absolute atomic E-state index is 13.2. The Morgan fingerprint density at radius 3 is 2.61 bits per heavy atom. The van der Waals surface area contributed by atoms with Gasteiger partial charge in [-0.05, 0) is 55.3 Å². The fraction of sp³-hybridized carbons (Fsp3) is 0.118. The first kappa shape index (κ1) is 15.4. The van der Waals surface area contributed by atoms with Crippen LogP contribution in [-0.4, -0.2) is 13.4 Å². The lowest BCUT2D eigenvalue weighted by atomic mass is 10.2. The van der Waals surface area contributed by atoms with Gasteiger partial charge in [0, 0.05) is 11.6 Å². The molecule has 0 unspecified atom stereocenters. The lowest BCUT2D eigenvalue weighted by Gasteiger charge is -2.12. The van der Waals surface area contributed by atoms with E-state index in [1.165, 1.54) is 24.3 Å². The number of nitrogens with zero attached hydrogens (tertiary/aromatic N) is 1. The van der Waals surface area contributed by atoms with Crippen molar-refractivity contribution in [2.75, 3.05) is 4.72 Å². The molecule has 0 aliphatic rings. The van der Waals surface area contributed by atoms with Crippen LogP contribution in [0.25, 0.3) is 10.9 Å². The Hall–Kier alpha value is -2.47. The summed E-state index contributed by atoms with van der Waals surface area (Å²) in [6.45, 7) is 3.54. The van der Waals surface area contributed by atoms with E-state index in [0.29, 0.717) is 16.8 Å². The molecule has 0 aliphatic carbocycles. The van der Waals surface area contributed by atoms with Crippen molar-refractivity contribution in [1.29, 1.82) is 0 Å². The van der Waals surface area contributed by atoms with Crippen molar-refractivity contribution in [2.24, 2.45) is 0 Å². The van der Waals surface area contributed by atoms with Crippen LogP contribution in [0.2, 0.25) is 0 Å². The second-order valence-electron chi connectivity index (χ2n) is 5.41. The summed E-state index contributed by atoms with van der Waals surface area (Å²) in [6.07, 6.45) is 1.63. The highest BCUT2D eigenvalue weighted by Crippen LogP contribution is 2.25. The molecule has 23 heavy (non-hydrogen) atoms. The van der Waals surface area contributed by atoms with Crippen LogP contribution in [0.4, 0.5) is 10.1 Å². The Morgan fingerprint density at radius 1 is 1.09 bits per heavy atom. The summed E-state index contributed by atoms with van der Waals surface area (Å²) >= 11 is 0. The second-order valence-corrected chi connectivity index (χ2v) is 7.06. The monoisotopic (exact) mass is 330 g/mol. The summed E-state index contributed by atoms with van der Waals surface area (Å²) in [7, 11) is -3.82. The smallest absolute Gasteiger partial charge is 0.264 e. The van der Waals surface area contributed by atoms with E-state index < -0.39 is 15.8 Å². The Bertz CT molecular complexity index is 1000. The Balaban J connectivity index is 2.10. The average Bonchev–Trinajstić information content (AvgIpc) is 2.49. The number of sulfonamides is 1. The Kier molecular flexibility index (Phi) is 3.77. The summed E-state index contributed by atoms with van der Waals surface area (Å²) in [5.74, 6) is -0.409. The van der Waals surface area contributed by atoms with Crippen LogP contribution >= 0.6 is 0 Å². The van der Waals surface area contributed by atoms with Crippen LogP contribution in [0.1, 0.15) is 11.1 Å². The highest BCUT2D eigenvalue weighted by Gasteiger charge is 2.19. The molecular weight excluding hydrogens is 315 g/mol. The molecule has 0 saturated heterocycles. The fourth-order valence-electron chi connectivity index (χ4n) is 2.40. The molecule has 3 aromatic rings. The standard InChI is InChI=1S/C17H15FN2O2S/c1-11-8-13-4-3-5-16(17(13)19-10-11)23(21,22)20-15-7-6-14(18)9-12(15)2/h3-10,20H,1-2H3. The first-order chi connectivity index (χ1) is 10.9. The van der Waals surface area contributed by atoms with Crippen LogP contribution in [0, 0.1) is 19.7 Å². The molecule has 0 spiro atoms. The van der Waals surface area contributed by atoms with Crippen LogP contribution in [0.15, 0.2) is 53.6 Å². The number of benzene rings is 2. The summed E-state index contributed by atoms with van der Waals surface area (Å²) in [5.41, 5.74) is 2.22. The minimum Gasteiger partial charge on any atom is -0.279 e. The largest absolute Gasteiger partial charge is 0.279 e. The summed E-state index contributed by atoms with van der Waals surface area (Å²) < 4.78 is 41.1. The number of hydrogen-bond donors (Lipinski definition) is 1. The van der Waals surface area contributed by atoms with Crippen molar-refractivity contribution in [3.8, 4) is 0 Å². The van der Waals surface area contributed by atoms with Gasteiger partial charge in [-0.3, -0.25) is 9.71 Å². The van der Waals surface area contributed by atoms with Gasteiger partial charge in [0.25, 0.3) is 10.0 Å². The van der Waals surface area contributed by atoms with E-state index in [9.17, 15) is 12.8 Å². The number of nitrogens with one attached hydrogen (secondary N) is 1. The first-order valence-corrected chi connectivity index (χ1v) is 8.49. The van der Waals surface area contributed by atoms with Crippen molar-refractivity contribution < 1.29 is 12.8 Å². The zero-order valence-electron chi connectivity index (χ0n) is 12.7. The third-order valence-corrected chi connectivity index (χ3v) is 4.93. The second kappa shape index (κ2) is 5.62. The molecule has 0 radical (unpaired) electrons. The molecule has 1 heterocycles. The summed E-state index contributed by atoms with van der Waals surface area (Å²) in [5, 5.41) is 0.753. The number of rotatable bonds is 3. The highest BCUT2D eigenvalue weighted by molar-refractivity contribution is 7.93. The Morgan fingerprint density at radius 2 is 1.87 bits per heavy atom. The summed E-state index contributed by atoms with van der Waals surface area (Å²) in [4.78, 5) is 4.34. The SMILES string of the molecule is Cc1cnc2c(S(=O)(=O)Nc3ccc(F)cc3C)cccc2c1. The molecule has 3 rings (SSSR count). The fourth-order valence-corrected chi connectivity index (χ4v) is 3.71. The third-order valence-electron chi connectivity index (χ3n) is 3.53. The molecule has 4 nitrogen and oxygen atoms in total. The van der Waals surface area contributed by atoms with Crippen LogP contribution in [0.3, 0.4) is 0 Å². The molecule has 0 bridgehead atoms. The first-order valence-electron chi connectivity index (χ1n) is 7.01. The molecule has 0 atom stereocenters. The minimum atomic E-state index is -3.82. The molecule has 0 saturated carbocycles. The maximum atomic E-state index is 13.2. The van der Waals surface area contributed by atoms with E-state index in [4.69, 9.17) is 0 Å². The number of aryl methyl sites for hydroxylation is 2. The van der Waals surface area contributed by atoms with E-state index >= 15 is 0 Å². The minimum absolute atomic E-state index is 0.0960. The summed E-state index contributed by atoms with van der Waals surface area (Å²) in [6, 6.07) is 10.8. The quantitative estimate of drug-likeness (QED) is 0.795. The topological polar surface area (TPSA) is 59.1 Å². The van der Waals surface area contributed by atoms with E-state index in [1.54, 1.807) is 19.2 Å². The van der Waals surface area contributed by atoms with Gasteiger partial charge in [-0.1, -0.05) is 12.1 Å². The number of halogens is 1. The molecular formula is C17H15FN2O2S. The van der Waals surface area contributed by atoms with Gasteiger partial charge in [-0.25, -0.2) is 12.8 Å². The van der Waals surface area contributed by atoms with Crippen molar-refractivity contribution in [2.45, 2.75) is 18.7 Å². The number of para-hydroxylation sites is 1.